The lowest BCUT2D eigenvalue weighted by molar-refractivity contribution is -0.133. The summed E-state index contributed by atoms with van der Waals surface area (Å²) in [5.74, 6) is 0.528. The van der Waals surface area contributed by atoms with Crippen LogP contribution in [0.2, 0.25) is 5.02 Å². The number of carbonyl (C=O) groups excluding carboxylic acids is 1. The predicted octanol–water partition coefficient (Wildman–Crippen LogP) is 2.07. The van der Waals surface area contributed by atoms with Crippen molar-refractivity contribution in [3.8, 4) is 5.75 Å². The number of hydrogen-bond acceptors (Lipinski definition) is 5. The predicted molar refractivity (Wildman–Crippen MR) is 83.8 cm³/mol. The van der Waals surface area contributed by atoms with Crippen LogP contribution in [0.4, 0.5) is 0 Å². The molecule has 0 atom stereocenters. The first kappa shape index (κ1) is 15.7. The van der Waals surface area contributed by atoms with Gasteiger partial charge in [-0.3, -0.25) is 4.79 Å². The normalized spacial score (nSPS) is 15.0. The fourth-order valence-electron chi connectivity index (χ4n) is 2.98. The third-order valence-corrected chi connectivity index (χ3v) is 4.46. The number of amides is 1. The molecule has 1 fully saturated rings. The van der Waals surface area contributed by atoms with Crippen LogP contribution in [0.5, 0.6) is 5.75 Å². The van der Waals surface area contributed by atoms with Gasteiger partial charge in [0, 0.05) is 6.04 Å². The number of phenolic OH excluding ortho intramolecular Hbond substituents is 1. The van der Waals surface area contributed by atoms with Crippen LogP contribution in [-0.4, -0.2) is 42.6 Å². The van der Waals surface area contributed by atoms with Crippen LogP contribution in [0.15, 0.2) is 18.2 Å². The molecule has 3 rings (SSSR count). The van der Waals surface area contributed by atoms with Crippen LogP contribution in [-0.2, 0) is 17.8 Å². The van der Waals surface area contributed by atoms with Gasteiger partial charge >= 0.3 is 0 Å². The van der Waals surface area contributed by atoms with E-state index >= 15 is 0 Å². The van der Waals surface area contributed by atoms with Gasteiger partial charge in [-0.15, -0.1) is 10.2 Å². The second-order valence-corrected chi connectivity index (χ2v) is 6.16. The number of aromatic nitrogens is 4. The summed E-state index contributed by atoms with van der Waals surface area (Å²) in [4.78, 5) is 14.6. The number of aromatic amines is 1. The topological polar surface area (TPSA) is 95.0 Å². The molecule has 7 nitrogen and oxygen atoms in total. The standard InChI is InChI=1S/C15H18ClN5O2/c16-12-7-10(5-6-13(12)22)8-15(23)21(11-3-1-2-4-11)9-14-17-19-20-18-14/h5-7,11,22H,1-4,8-9H2,(H,17,18,19,20). The van der Waals surface area contributed by atoms with Gasteiger partial charge in [-0.1, -0.05) is 35.7 Å². The highest BCUT2D eigenvalue weighted by atomic mass is 35.5. The van der Waals surface area contributed by atoms with Gasteiger partial charge in [0.25, 0.3) is 0 Å². The van der Waals surface area contributed by atoms with E-state index in [-0.39, 0.29) is 29.1 Å². The van der Waals surface area contributed by atoms with Crippen molar-refractivity contribution in [3.05, 3.63) is 34.6 Å². The first-order chi connectivity index (χ1) is 11.1. The van der Waals surface area contributed by atoms with Crippen molar-refractivity contribution in [1.29, 1.82) is 0 Å². The Hall–Kier alpha value is -2.15. The zero-order valence-electron chi connectivity index (χ0n) is 12.6. The molecule has 0 bridgehead atoms. The first-order valence-electron chi connectivity index (χ1n) is 7.62. The minimum Gasteiger partial charge on any atom is -0.506 e. The summed E-state index contributed by atoms with van der Waals surface area (Å²) in [5.41, 5.74) is 0.772. The number of aromatic hydroxyl groups is 1. The molecule has 1 heterocycles. The van der Waals surface area contributed by atoms with Crippen molar-refractivity contribution in [2.45, 2.75) is 44.7 Å². The van der Waals surface area contributed by atoms with Gasteiger partial charge < -0.3 is 10.0 Å². The minimum absolute atomic E-state index is 0.00320. The maximum absolute atomic E-state index is 12.8. The zero-order chi connectivity index (χ0) is 16.2. The van der Waals surface area contributed by atoms with Crippen LogP contribution < -0.4 is 0 Å². The fraction of sp³-hybridized carbons (Fsp3) is 0.467. The number of carbonyl (C=O) groups is 1. The number of H-pyrrole nitrogens is 1. The van der Waals surface area contributed by atoms with E-state index in [1.165, 1.54) is 6.07 Å². The summed E-state index contributed by atoms with van der Waals surface area (Å²) in [7, 11) is 0. The van der Waals surface area contributed by atoms with E-state index in [4.69, 9.17) is 11.6 Å². The molecule has 1 aromatic heterocycles. The molecule has 0 radical (unpaired) electrons. The van der Waals surface area contributed by atoms with Crippen molar-refractivity contribution < 1.29 is 9.90 Å². The molecule has 8 heteroatoms. The summed E-state index contributed by atoms with van der Waals surface area (Å²) < 4.78 is 0. The molecule has 23 heavy (non-hydrogen) atoms. The van der Waals surface area contributed by atoms with Crippen LogP contribution in [0.1, 0.15) is 37.1 Å². The molecule has 2 aromatic rings. The molecule has 1 aliphatic carbocycles. The van der Waals surface area contributed by atoms with Crippen molar-refractivity contribution in [1.82, 2.24) is 25.5 Å². The Balaban J connectivity index is 1.74. The fourth-order valence-corrected chi connectivity index (χ4v) is 3.18. The lowest BCUT2D eigenvalue weighted by Gasteiger charge is -2.28. The Morgan fingerprint density at radius 2 is 2.17 bits per heavy atom. The largest absolute Gasteiger partial charge is 0.506 e. The van der Waals surface area contributed by atoms with Crippen molar-refractivity contribution in [2.75, 3.05) is 0 Å². The molecule has 1 saturated carbocycles. The monoisotopic (exact) mass is 335 g/mol. The molecular formula is C15H18ClN5O2. The Morgan fingerprint density at radius 3 is 2.83 bits per heavy atom. The Bertz CT molecular complexity index is 671. The second-order valence-electron chi connectivity index (χ2n) is 5.75. The number of halogens is 1. The number of nitrogens with zero attached hydrogens (tertiary/aromatic N) is 4. The molecule has 2 N–H and O–H groups in total. The van der Waals surface area contributed by atoms with Gasteiger partial charge in [0.1, 0.15) is 5.75 Å². The summed E-state index contributed by atoms with van der Waals surface area (Å²) in [5, 5.41) is 23.6. The van der Waals surface area contributed by atoms with Gasteiger partial charge in [0.15, 0.2) is 5.82 Å². The van der Waals surface area contributed by atoms with E-state index in [1.807, 2.05) is 4.90 Å². The van der Waals surface area contributed by atoms with Gasteiger partial charge in [0.05, 0.1) is 18.0 Å². The first-order valence-corrected chi connectivity index (χ1v) is 8.00. The summed E-state index contributed by atoms with van der Waals surface area (Å²) >= 11 is 5.91. The van der Waals surface area contributed by atoms with Crippen molar-refractivity contribution in [3.63, 3.8) is 0 Å². The molecule has 1 amide bonds. The molecule has 0 unspecified atom stereocenters. The molecule has 0 aliphatic heterocycles. The number of hydrogen-bond donors (Lipinski definition) is 2. The third kappa shape index (κ3) is 3.79. The van der Waals surface area contributed by atoms with E-state index in [1.54, 1.807) is 12.1 Å². The number of nitrogens with one attached hydrogen (secondary N) is 1. The summed E-state index contributed by atoms with van der Waals surface area (Å²) in [6.45, 7) is 0.353. The van der Waals surface area contributed by atoms with Crippen LogP contribution in [0.25, 0.3) is 0 Å². The van der Waals surface area contributed by atoms with E-state index in [9.17, 15) is 9.90 Å². The van der Waals surface area contributed by atoms with Crippen LogP contribution >= 0.6 is 11.6 Å². The third-order valence-electron chi connectivity index (χ3n) is 4.15. The lowest BCUT2D eigenvalue weighted by Crippen LogP contribution is -2.39. The van der Waals surface area contributed by atoms with E-state index in [2.05, 4.69) is 20.6 Å². The quantitative estimate of drug-likeness (QED) is 0.872. The average Bonchev–Trinajstić information content (AvgIpc) is 3.21. The molecule has 0 spiro atoms. The summed E-state index contributed by atoms with van der Waals surface area (Å²) in [6.07, 6.45) is 4.49. The number of rotatable bonds is 5. The Kier molecular flexibility index (Phi) is 4.76. The zero-order valence-corrected chi connectivity index (χ0v) is 13.3. The van der Waals surface area contributed by atoms with Crippen LogP contribution in [0, 0.1) is 0 Å². The number of benzene rings is 1. The molecular weight excluding hydrogens is 318 g/mol. The van der Waals surface area contributed by atoms with E-state index in [0.29, 0.717) is 12.4 Å². The summed E-state index contributed by atoms with van der Waals surface area (Å²) in [6, 6.07) is 5.05. The lowest BCUT2D eigenvalue weighted by atomic mass is 10.1. The van der Waals surface area contributed by atoms with Crippen LogP contribution in [0.3, 0.4) is 0 Å². The van der Waals surface area contributed by atoms with Crippen molar-refractivity contribution in [2.24, 2.45) is 0 Å². The highest BCUT2D eigenvalue weighted by Gasteiger charge is 2.27. The van der Waals surface area contributed by atoms with E-state index in [0.717, 1.165) is 31.2 Å². The second kappa shape index (κ2) is 6.95. The van der Waals surface area contributed by atoms with Gasteiger partial charge in [-0.2, -0.15) is 5.21 Å². The van der Waals surface area contributed by atoms with E-state index < -0.39 is 0 Å². The maximum atomic E-state index is 12.8. The average molecular weight is 336 g/mol. The maximum Gasteiger partial charge on any atom is 0.227 e. The minimum atomic E-state index is 0.00320. The van der Waals surface area contributed by atoms with Gasteiger partial charge in [0.2, 0.25) is 5.91 Å². The smallest absolute Gasteiger partial charge is 0.227 e. The highest BCUT2D eigenvalue weighted by molar-refractivity contribution is 6.32. The highest BCUT2D eigenvalue weighted by Crippen LogP contribution is 2.27. The van der Waals surface area contributed by atoms with Crippen molar-refractivity contribution >= 4 is 17.5 Å². The number of tetrazole rings is 1. The molecule has 1 aromatic carbocycles. The van der Waals surface area contributed by atoms with Gasteiger partial charge in [-0.05, 0) is 30.5 Å². The molecule has 1 aliphatic rings. The molecule has 122 valence electrons. The van der Waals surface area contributed by atoms with Gasteiger partial charge in [-0.25, -0.2) is 0 Å². The number of phenols is 1. The molecule has 0 saturated heterocycles. The Morgan fingerprint density at radius 1 is 1.39 bits per heavy atom. The SMILES string of the molecule is O=C(Cc1ccc(O)c(Cl)c1)N(Cc1nn[nH]n1)C1CCCC1. The Labute approximate surface area is 138 Å².